The Morgan fingerprint density at radius 2 is 1.78 bits per heavy atom. The van der Waals surface area contributed by atoms with Gasteiger partial charge in [-0.15, -0.1) is 13.2 Å². The Hall–Kier alpha value is -3.57. The molecule has 0 saturated heterocycles. The van der Waals surface area contributed by atoms with Crippen molar-refractivity contribution >= 4 is 11.6 Å². The van der Waals surface area contributed by atoms with Crippen molar-refractivity contribution in [2.24, 2.45) is 0 Å². The van der Waals surface area contributed by atoms with Crippen LogP contribution in [0, 0.1) is 0 Å². The first-order chi connectivity index (χ1) is 14.8. The number of benzene rings is 1. The van der Waals surface area contributed by atoms with E-state index in [0.29, 0.717) is 11.9 Å². The second-order valence-corrected chi connectivity index (χ2v) is 6.94. The van der Waals surface area contributed by atoms with Crippen molar-refractivity contribution < 1.29 is 35.9 Å². The number of rotatable bonds is 5. The summed E-state index contributed by atoms with van der Waals surface area (Å²) in [4.78, 5) is 16.6. The number of amides is 1. The molecule has 0 aliphatic heterocycles. The molecule has 32 heavy (non-hydrogen) atoms. The van der Waals surface area contributed by atoms with E-state index >= 15 is 0 Å². The van der Waals surface area contributed by atoms with E-state index in [1.54, 1.807) is 13.8 Å². The highest BCUT2D eigenvalue weighted by Gasteiger charge is 2.32. The lowest BCUT2D eigenvalue weighted by Gasteiger charge is -2.14. The molecule has 170 valence electrons. The van der Waals surface area contributed by atoms with E-state index in [9.17, 15) is 31.1 Å². The molecule has 1 amide bonds. The molecule has 0 radical (unpaired) electrons. The molecule has 6 nitrogen and oxygen atoms in total. The van der Waals surface area contributed by atoms with Gasteiger partial charge in [0.2, 0.25) is 0 Å². The number of anilines is 1. The predicted molar refractivity (Wildman–Crippen MR) is 102 cm³/mol. The fraction of sp³-hybridized carbons (Fsp3) is 0.250. The third kappa shape index (κ3) is 5.37. The number of nitrogens with one attached hydrogen (secondary N) is 1. The van der Waals surface area contributed by atoms with Crippen LogP contribution in [0.15, 0.2) is 48.8 Å². The number of ether oxygens (including phenoxy) is 1. The molecule has 1 aromatic carbocycles. The van der Waals surface area contributed by atoms with E-state index in [1.165, 1.54) is 23.0 Å². The van der Waals surface area contributed by atoms with Crippen LogP contribution in [-0.4, -0.2) is 27.0 Å². The van der Waals surface area contributed by atoms with Crippen LogP contribution in [0.3, 0.4) is 0 Å². The van der Waals surface area contributed by atoms with Gasteiger partial charge in [-0.1, -0.05) is 19.9 Å². The second kappa shape index (κ2) is 8.52. The van der Waals surface area contributed by atoms with Crippen molar-refractivity contribution in [1.82, 2.24) is 14.8 Å². The van der Waals surface area contributed by atoms with Crippen molar-refractivity contribution in [2.75, 3.05) is 5.32 Å². The van der Waals surface area contributed by atoms with Gasteiger partial charge in [0.1, 0.15) is 5.75 Å². The van der Waals surface area contributed by atoms with Gasteiger partial charge in [-0.05, 0) is 30.2 Å². The molecular formula is C20H16F6N4O2. The van der Waals surface area contributed by atoms with Crippen LogP contribution in [0.25, 0.3) is 5.82 Å². The standard InChI is InChI=1S/C20H16F6N4O2/c1-11(2)17-15(10-28-30(17)16-7-6-12(9-27-16)19(21,22)23)18(31)29-13-4-3-5-14(8-13)32-20(24,25)26/h3-11H,1-2H3,(H,29,31). The average molecular weight is 458 g/mol. The molecule has 0 spiro atoms. The Morgan fingerprint density at radius 1 is 1.06 bits per heavy atom. The fourth-order valence-electron chi connectivity index (χ4n) is 2.92. The zero-order chi connectivity index (χ0) is 23.7. The molecule has 0 bridgehead atoms. The zero-order valence-electron chi connectivity index (χ0n) is 16.6. The molecular weight excluding hydrogens is 442 g/mol. The molecule has 2 aromatic heterocycles. The van der Waals surface area contributed by atoms with Crippen molar-refractivity contribution in [3.8, 4) is 11.6 Å². The number of hydrogen-bond acceptors (Lipinski definition) is 4. The van der Waals surface area contributed by atoms with E-state index in [4.69, 9.17) is 0 Å². The van der Waals surface area contributed by atoms with Crippen LogP contribution in [0.5, 0.6) is 5.75 Å². The normalized spacial score (nSPS) is 12.2. The van der Waals surface area contributed by atoms with Gasteiger partial charge in [0.25, 0.3) is 5.91 Å². The molecule has 0 atom stereocenters. The lowest BCUT2D eigenvalue weighted by Crippen LogP contribution is -2.18. The van der Waals surface area contributed by atoms with Crippen molar-refractivity contribution in [3.05, 3.63) is 65.6 Å². The van der Waals surface area contributed by atoms with Gasteiger partial charge in [0, 0.05) is 18.0 Å². The first kappa shape index (κ1) is 23.1. The van der Waals surface area contributed by atoms with Gasteiger partial charge < -0.3 is 10.1 Å². The summed E-state index contributed by atoms with van der Waals surface area (Å²) in [6.45, 7) is 3.48. The van der Waals surface area contributed by atoms with Crippen molar-refractivity contribution in [2.45, 2.75) is 32.3 Å². The minimum atomic E-state index is -4.89. The highest BCUT2D eigenvalue weighted by molar-refractivity contribution is 6.05. The molecule has 0 aliphatic carbocycles. The minimum Gasteiger partial charge on any atom is -0.406 e. The maximum Gasteiger partial charge on any atom is 0.573 e. The fourth-order valence-corrected chi connectivity index (χ4v) is 2.92. The van der Waals surface area contributed by atoms with E-state index < -0.39 is 29.8 Å². The van der Waals surface area contributed by atoms with Crippen LogP contribution in [0.1, 0.15) is 41.4 Å². The lowest BCUT2D eigenvalue weighted by atomic mass is 10.1. The SMILES string of the molecule is CC(C)c1c(C(=O)Nc2cccc(OC(F)(F)F)c2)cnn1-c1ccc(C(F)(F)F)cn1. The highest BCUT2D eigenvalue weighted by atomic mass is 19.4. The maximum atomic E-state index is 12.8. The van der Waals surface area contributed by atoms with Crippen LogP contribution in [0.2, 0.25) is 0 Å². The predicted octanol–water partition coefficient (Wildman–Crippen LogP) is 5.56. The topological polar surface area (TPSA) is 69.0 Å². The summed E-state index contributed by atoms with van der Waals surface area (Å²) < 4.78 is 80.6. The number of carbonyl (C=O) groups excluding carboxylic acids is 1. The van der Waals surface area contributed by atoms with E-state index in [1.807, 2.05) is 0 Å². The molecule has 3 rings (SSSR count). The largest absolute Gasteiger partial charge is 0.573 e. The van der Waals surface area contributed by atoms with Crippen molar-refractivity contribution in [3.63, 3.8) is 0 Å². The van der Waals surface area contributed by atoms with Crippen LogP contribution in [0.4, 0.5) is 32.0 Å². The number of alkyl halides is 6. The Bertz CT molecular complexity index is 1100. The molecule has 0 unspecified atom stereocenters. The summed E-state index contributed by atoms with van der Waals surface area (Å²) in [5.41, 5.74) is -0.438. The summed E-state index contributed by atoms with van der Waals surface area (Å²) in [7, 11) is 0. The summed E-state index contributed by atoms with van der Waals surface area (Å²) >= 11 is 0. The molecule has 12 heteroatoms. The number of halogens is 6. The smallest absolute Gasteiger partial charge is 0.406 e. The summed E-state index contributed by atoms with van der Waals surface area (Å²) in [6, 6.07) is 6.70. The number of hydrogen-bond donors (Lipinski definition) is 1. The maximum absolute atomic E-state index is 12.8. The van der Waals surface area contributed by atoms with E-state index in [0.717, 1.165) is 24.3 Å². The third-order valence-electron chi connectivity index (χ3n) is 4.22. The third-order valence-corrected chi connectivity index (χ3v) is 4.22. The molecule has 0 saturated carbocycles. The van der Waals surface area contributed by atoms with Gasteiger partial charge in [0.15, 0.2) is 5.82 Å². The van der Waals surface area contributed by atoms with Gasteiger partial charge in [0.05, 0.1) is 23.0 Å². The van der Waals surface area contributed by atoms with E-state index in [2.05, 4.69) is 20.1 Å². The highest BCUT2D eigenvalue weighted by Crippen LogP contribution is 2.30. The van der Waals surface area contributed by atoms with Crippen LogP contribution in [-0.2, 0) is 6.18 Å². The number of nitrogens with zero attached hydrogens (tertiary/aromatic N) is 3. The minimum absolute atomic E-state index is 0.0480. The monoisotopic (exact) mass is 458 g/mol. The lowest BCUT2D eigenvalue weighted by molar-refractivity contribution is -0.274. The molecule has 0 aliphatic rings. The molecule has 2 heterocycles. The summed E-state index contributed by atoms with van der Waals surface area (Å²) in [6.07, 6.45) is -7.57. The molecule has 0 fully saturated rings. The quantitative estimate of drug-likeness (QED) is 0.509. The summed E-state index contributed by atoms with van der Waals surface area (Å²) in [5, 5.41) is 6.53. The molecule has 3 aromatic rings. The Morgan fingerprint density at radius 3 is 2.34 bits per heavy atom. The Labute approximate surface area is 177 Å². The van der Waals surface area contributed by atoms with Crippen molar-refractivity contribution in [1.29, 1.82) is 0 Å². The first-order valence-corrected chi connectivity index (χ1v) is 9.14. The average Bonchev–Trinajstić information content (AvgIpc) is 3.12. The number of carbonyl (C=O) groups is 1. The van der Waals surface area contributed by atoms with Crippen LogP contribution < -0.4 is 10.1 Å². The zero-order valence-corrected chi connectivity index (χ0v) is 16.6. The van der Waals surface area contributed by atoms with Gasteiger partial charge in [-0.25, -0.2) is 9.67 Å². The van der Waals surface area contributed by atoms with Gasteiger partial charge >= 0.3 is 12.5 Å². The second-order valence-electron chi connectivity index (χ2n) is 6.94. The van der Waals surface area contributed by atoms with Gasteiger partial charge in [-0.3, -0.25) is 4.79 Å². The molecule has 1 N–H and O–H groups in total. The number of aromatic nitrogens is 3. The Kier molecular flexibility index (Phi) is 6.15. The van der Waals surface area contributed by atoms with Crippen LogP contribution >= 0.6 is 0 Å². The summed E-state index contributed by atoms with van der Waals surface area (Å²) in [5.74, 6) is -1.40. The van der Waals surface area contributed by atoms with Gasteiger partial charge in [-0.2, -0.15) is 18.3 Å². The van der Waals surface area contributed by atoms with E-state index in [-0.39, 0.29) is 23.0 Å². The number of pyridine rings is 1. The first-order valence-electron chi connectivity index (χ1n) is 9.14. The Balaban J connectivity index is 1.89.